The van der Waals surface area contributed by atoms with E-state index in [0.29, 0.717) is 12.3 Å². The number of piperidine rings is 1. The lowest BCUT2D eigenvalue weighted by molar-refractivity contribution is -0.121. The number of hydrogen-bond donors (Lipinski definition) is 2. The molecule has 0 aliphatic carbocycles. The predicted molar refractivity (Wildman–Crippen MR) is 88.5 cm³/mol. The fourth-order valence-electron chi connectivity index (χ4n) is 2.86. The van der Waals surface area contributed by atoms with Crippen molar-refractivity contribution in [1.29, 1.82) is 0 Å². The van der Waals surface area contributed by atoms with Gasteiger partial charge in [-0.15, -0.1) is 11.3 Å². The molecule has 1 aliphatic rings. The van der Waals surface area contributed by atoms with Gasteiger partial charge in [0.25, 0.3) is 0 Å². The first-order valence-electron chi connectivity index (χ1n) is 7.94. The number of nitrogens with one attached hydrogen (secondary N) is 2. The molecule has 1 amide bonds. The van der Waals surface area contributed by atoms with Gasteiger partial charge in [-0.2, -0.15) is 0 Å². The molecule has 1 unspecified atom stereocenters. The van der Waals surface area contributed by atoms with Crippen molar-refractivity contribution in [3.63, 3.8) is 0 Å². The Labute approximate surface area is 131 Å². The van der Waals surface area contributed by atoms with Crippen molar-refractivity contribution in [3.8, 4) is 0 Å². The van der Waals surface area contributed by atoms with Crippen molar-refractivity contribution in [2.45, 2.75) is 32.2 Å². The first kappa shape index (κ1) is 16.5. The van der Waals surface area contributed by atoms with Crippen molar-refractivity contribution in [2.75, 3.05) is 33.2 Å². The van der Waals surface area contributed by atoms with Crippen LogP contribution >= 0.6 is 11.3 Å². The molecule has 118 valence electrons. The highest BCUT2D eigenvalue weighted by Crippen LogP contribution is 2.19. The summed E-state index contributed by atoms with van der Waals surface area (Å²) in [7, 11) is 1.92. The summed E-state index contributed by atoms with van der Waals surface area (Å²) in [5.74, 6) is 0.799. The molecular weight excluding hydrogens is 282 g/mol. The quantitative estimate of drug-likeness (QED) is 0.723. The lowest BCUT2D eigenvalue weighted by atomic mass is 9.98. The van der Waals surface area contributed by atoms with Crippen molar-refractivity contribution < 1.29 is 4.79 Å². The highest BCUT2D eigenvalue weighted by Gasteiger charge is 2.20. The van der Waals surface area contributed by atoms with Crippen molar-refractivity contribution >= 4 is 17.2 Å². The zero-order chi connectivity index (χ0) is 14.9. The molecule has 0 aromatic carbocycles. The van der Waals surface area contributed by atoms with Crippen molar-refractivity contribution in [1.82, 2.24) is 15.5 Å². The molecule has 1 atom stereocenters. The molecule has 21 heavy (non-hydrogen) atoms. The number of carbonyl (C=O) groups is 1. The van der Waals surface area contributed by atoms with Gasteiger partial charge in [-0.25, -0.2) is 0 Å². The van der Waals surface area contributed by atoms with Gasteiger partial charge in [0.15, 0.2) is 0 Å². The van der Waals surface area contributed by atoms with E-state index in [1.165, 1.54) is 24.3 Å². The fraction of sp³-hybridized carbons (Fsp3) is 0.688. The van der Waals surface area contributed by atoms with Crippen LogP contribution in [0.2, 0.25) is 0 Å². The third-order valence-electron chi connectivity index (χ3n) is 3.98. The highest BCUT2D eigenvalue weighted by atomic mass is 32.1. The first-order valence-corrected chi connectivity index (χ1v) is 8.82. The molecule has 4 nitrogen and oxygen atoms in total. The fourth-order valence-corrected chi connectivity index (χ4v) is 3.60. The molecule has 0 saturated carbocycles. The largest absolute Gasteiger partial charge is 0.356 e. The van der Waals surface area contributed by atoms with Gasteiger partial charge >= 0.3 is 0 Å². The lowest BCUT2D eigenvalue weighted by Gasteiger charge is -2.32. The van der Waals surface area contributed by atoms with E-state index in [4.69, 9.17) is 0 Å². The maximum absolute atomic E-state index is 11.7. The number of likely N-dealkylation sites (tertiary alicyclic amines) is 1. The van der Waals surface area contributed by atoms with E-state index in [1.54, 1.807) is 0 Å². The average Bonchev–Trinajstić information content (AvgIpc) is 2.99. The second kappa shape index (κ2) is 9.18. The van der Waals surface area contributed by atoms with Crippen molar-refractivity contribution in [2.24, 2.45) is 5.92 Å². The van der Waals surface area contributed by atoms with E-state index in [2.05, 4.69) is 33.0 Å². The van der Waals surface area contributed by atoms with Crippen LogP contribution < -0.4 is 10.6 Å². The van der Waals surface area contributed by atoms with E-state index >= 15 is 0 Å². The number of rotatable bonds is 8. The second-order valence-electron chi connectivity index (χ2n) is 5.83. The minimum atomic E-state index is 0.195. The Balaban J connectivity index is 1.65. The third-order valence-corrected chi connectivity index (χ3v) is 4.84. The number of amides is 1. The smallest absolute Gasteiger partial charge is 0.220 e. The van der Waals surface area contributed by atoms with Crippen LogP contribution in [0.25, 0.3) is 0 Å². The van der Waals surface area contributed by atoms with Crippen molar-refractivity contribution in [3.05, 3.63) is 22.4 Å². The van der Waals surface area contributed by atoms with Gasteiger partial charge in [0, 0.05) is 30.9 Å². The zero-order valence-corrected chi connectivity index (χ0v) is 13.8. The predicted octanol–water partition coefficient (Wildman–Crippen LogP) is 2.08. The zero-order valence-electron chi connectivity index (χ0n) is 12.9. The summed E-state index contributed by atoms with van der Waals surface area (Å²) in [6, 6.07) is 4.32. The molecule has 5 heteroatoms. The Bertz CT molecular complexity index is 408. The van der Waals surface area contributed by atoms with Crippen LogP contribution in [0.5, 0.6) is 0 Å². The van der Waals surface area contributed by atoms with Crippen LogP contribution in [0.1, 0.15) is 30.6 Å². The summed E-state index contributed by atoms with van der Waals surface area (Å²) in [5.41, 5.74) is 0. The number of nitrogens with zero attached hydrogens (tertiary/aromatic N) is 1. The molecule has 1 aromatic rings. The van der Waals surface area contributed by atoms with E-state index < -0.39 is 0 Å². The molecular formula is C16H27N3OS. The molecule has 1 aromatic heterocycles. The Hall–Kier alpha value is -0.910. The van der Waals surface area contributed by atoms with Crippen LogP contribution in [0.3, 0.4) is 0 Å². The molecule has 1 aliphatic heterocycles. The molecule has 0 spiro atoms. The average molecular weight is 309 g/mol. The van der Waals surface area contributed by atoms with Gasteiger partial charge in [0.05, 0.1) is 0 Å². The Morgan fingerprint density at radius 2 is 2.43 bits per heavy atom. The van der Waals surface area contributed by atoms with Crippen LogP contribution in [0.15, 0.2) is 17.5 Å². The molecule has 2 heterocycles. The van der Waals surface area contributed by atoms with Crippen LogP contribution in [0.4, 0.5) is 0 Å². The number of carbonyl (C=O) groups excluding carboxylic acids is 1. The minimum absolute atomic E-state index is 0.195. The van der Waals surface area contributed by atoms with Crippen LogP contribution in [-0.4, -0.2) is 44.0 Å². The minimum Gasteiger partial charge on any atom is -0.356 e. The lowest BCUT2D eigenvalue weighted by Crippen LogP contribution is -2.40. The number of thiophene rings is 1. The molecule has 1 fully saturated rings. The Morgan fingerprint density at radius 3 is 3.19 bits per heavy atom. The van der Waals surface area contributed by atoms with Crippen LogP contribution in [0, 0.1) is 5.92 Å². The molecule has 2 N–H and O–H groups in total. The topological polar surface area (TPSA) is 44.4 Å². The maximum atomic E-state index is 11.7. The SMILES string of the molecule is CNCCCC(=O)NCC1CCCN(Cc2cccs2)C1. The monoisotopic (exact) mass is 309 g/mol. The van der Waals surface area contributed by atoms with Gasteiger partial charge in [-0.3, -0.25) is 9.69 Å². The second-order valence-corrected chi connectivity index (χ2v) is 6.87. The molecule has 2 rings (SSSR count). The number of hydrogen-bond acceptors (Lipinski definition) is 4. The Kier molecular flexibility index (Phi) is 7.19. The van der Waals surface area contributed by atoms with E-state index in [1.807, 2.05) is 18.4 Å². The maximum Gasteiger partial charge on any atom is 0.220 e. The van der Waals surface area contributed by atoms with Gasteiger partial charge in [-0.05, 0) is 56.8 Å². The van der Waals surface area contributed by atoms with E-state index in [0.717, 1.165) is 32.6 Å². The summed E-state index contributed by atoms with van der Waals surface area (Å²) in [6.45, 7) is 5.09. The van der Waals surface area contributed by atoms with Gasteiger partial charge < -0.3 is 10.6 Å². The first-order chi connectivity index (χ1) is 10.3. The summed E-state index contributed by atoms with van der Waals surface area (Å²) in [6.07, 6.45) is 4.02. The van der Waals surface area contributed by atoms with Gasteiger partial charge in [0.2, 0.25) is 5.91 Å². The molecule has 0 radical (unpaired) electrons. The van der Waals surface area contributed by atoms with E-state index in [-0.39, 0.29) is 5.91 Å². The molecule has 1 saturated heterocycles. The van der Waals surface area contributed by atoms with E-state index in [9.17, 15) is 4.79 Å². The Morgan fingerprint density at radius 1 is 1.52 bits per heavy atom. The van der Waals surface area contributed by atoms with Crippen LogP contribution in [-0.2, 0) is 11.3 Å². The third kappa shape index (κ3) is 6.16. The normalized spacial score (nSPS) is 19.6. The van der Waals surface area contributed by atoms with Gasteiger partial charge in [-0.1, -0.05) is 6.07 Å². The van der Waals surface area contributed by atoms with Gasteiger partial charge in [0.1, 0.15) is 0 Å². The highest BCUT2D eigenvalue weighted by molar-refractivity contribution is 7.09. The summed E-state index contributed by atoms with van der Waals surface area (Å²) >= 11 is 1.83. The molecule has 0 bridgehead atoms. The standard InChI is InChI=1S/C16H27N3OS/c1-17-8-2-7-16(20)18-11-14-5-3-9-19(12-14)13-15-6-4-10-21-15/h4,6,10,14,17H,2-3,5,7-9,11-13H2,1H3,(H,18,20). The summed E-state index contributed by atoms with van der Waals surface area (Å²) < 4.78 is 0. The summed E-state index contributed by atoms with van der Waals surface area (Å²) in [4.78, 5) is 15.7. The summed E-state index contributed by atoms with van der Waals surface area (Å²) in [5, 5.41) is 8.31.